The van der Waals surface area contributed by atoms with Gasteiger partial charge in [0.25, 0.3) is 0 Å². The van der Waals surface area contributed by atoms with Crippen LogP contribution in [0.2, 0.25) is 0 Å². The number of fused-ring (bicyclic) bond motifs is 1. The number of H-pyrrole nitrogens is 1. The maximum absolute atomic E-state index is 13.5. The minimum atomic E-state index is -0.350. The number of hydrogen-bond donors (Lipinski definition) is 2. The SMILES string of the molecule is N#C/C(=C(/O)CSc1nnc(-c2ccccc2)n1-c1ccc(F)cc1)c1nc2ccccc2[nH]1. The fourth-order valence-corrected chi connectivity index (χ4v) is 4.32. The summed E-state index contributed by atoms with van der Waals surface area (Å²) in [4.78, 5) is 7.47. The van der Waals surface area contributed by atoms with E-state index in [4.69, 9.17) is 0 Å². The first-order valence-corrected chi connectivity index (χ1v) is 11.3. The van der Waals surface area contributed by atoms with Crippen LogP contribution in [0.3, 0.4) is 0 Å². The van der Waals surface area contributed by atoms with Crippen LogP contribution in [-0.2, 0) is 0 Å². The molecule has 9 heteroatoms. The number of halogens is 1. The van der Waals surface area contributed by atoms with E-state index in [0.717, 1.165) is 11.1 Å². The predicted molar refractivity (Wildman–Crippen MR) is 129 cm³/mol. The Labute approximate surface area is 198 Å². The lowest BCUT2D eigenvalue weighted by Gasteiger charge is -2.10. The Morgan fingerprint density at radius 1 is 1.00 bits per heavy atom. The van der Waals surface area contributed by atoms with Crippen molar-refractivity contribution >= 4 is 28.4 Å². The summed E-state index contributed by atoms with van der Waals surface area (Å²) in [6.07, 6.45) is 0. The van der Waals surface area contributed by atoms with Crippen LogP contribution in [0.15, 0.2) is 89.8 Å². The van der Waals surface area contributed by atoms with Gasteiger partial charge in [-0.2, -0.15) is 5.26 Å². The standard InChI is InChI=1S/C25H17FN6OS/c26-17-10-12-18(13-11-17)32-24(16-6-2-1-3-7-16)30-31-25(32)34-15-22(33)19(14-27)23-28-20-8-4-5-9-21(20)29-23/h1-13,33H,15H2,(H,28,29)/b22-19-. The number of nitrogens with one attached hydrogen (secondary N) is 1. The fourth-order valence-electron chi connectivity index (χ4n) is 3.49. The Bertz CT molecular complexity index is 1500. The number of thioether (sulfide) groups is 1. The molecule has 0 aliphatic rings. The summed E-state index contributed by atoms with van der Waals surface area (Å²) in [5.41, 5.74) is 3.04. The maximum atomic E-state index is 13.5. The second-order valence-electron chi connectivity index (χ2n) is 7.31. The van der Waals surface area contributed by atoms with E-state index in [1.807, 2.05) is 60.7 Å². The predicted octanol–water partition coefficient (Wildman–Crippen LogP) is 5.53. The topological polar surface area (TPSA) is 103 Å². The van der Waals surface area contributed by atoms with Gasteiger partial charge in [0, 0.05) is 11.3 Å². The van der Waals surface area contributed by atoms with Gasteiger partial charge in [0.05, 0.1) is 16.8 Å². The number of nitriles is 1. The lowest BCUT2D eigenvalue weighted by molar-refractivity contribution is 0.420. The number of allylic oxidation sites excluding steroid dienone is 1. The molecule has 166 valence electrons. The molecule has 0 aliphatic carbocycles. The fraction of sp³-hybridized carbons (Fsp3) is 0.0400. The molecule has 7 nitrogen and oxygen atoms in total. The number of para-hydroxylation sites is 2. The van der Waals surface area contributed by atoms with Gasteiger partial charge in [0.1, 0.15) is 23.2 Å². The van der Waals surface area contributed by atoms with E-state index >= 15 is 0 Å². The molecular formula is C25H17FN6OS. The zero-order valence-corrected chi connectivity index (χ0v) is 18.5. The van der Waals surface area contributed by atoms with E-state index < -0.39 is 0 Å². The monoisotopic (exact) mass is 468 g/mol. The van der Waals surface area contributed by atoms with E-state index in [2.05, 4.69) is 20.2 Å². The van der Waals surface area contributed by atoms with Crippen molar-refractivity contribution in [2.75, 3.05) is 5.75 Å². The molecule has 0 aliphatic heterocycles. The first-order chi connectivity index (χ1) is 16.6. The van der Waals surface area contributed by atoms with Gasteiger partial charge in [-0.15, -0.1) is 10.2 Å². The summed E-state index contributed by atoms with van der Waals surface area (Å²) < 4.78 is 15.3. The molecule has 0 radical (unpaired) electrons. The summed E-state index contributed by atoms with van der Waals surface area (Å²) in [7, 11) is 0. The third-order valence-corrected chi connectivity index (χ3v) is 6.05. The summed E-state index contributed by atoms with van der Waals surface area (Å²) in [6, 6.07) is 25.0. The van der Waals surface area contributed by atoms with E-state index in [-0.39, 0.29) is 22.9 Å². The molecule has 0 saturated heterocycles. The molecule has 34 heavy (non-hydrogen) atoms. The number of benzene rings is 3. The molecule has 0 fully saturated rings. The van der Waals surface area contributed by atoms with E-state index in [9.17, 15) is 14.8 Å². The molecular weight excluding hydrogens is 451 g/mol. The van der Waals surface area contributed by atoms with Gasteiger partial charge in [-0.25, -0.2) is 9.37 Å². The highest BCUT2D eigenvalue weighted by Crippen LogP contribution is 2.30. The van der Waals surface area contributed by atoms with Crippen LogP contribution in [0.5, 0.6) is 0 Å². The number of aliphatic hydroxyl groups is 1. The number of aliphatic hydroxyl groups excluding tert-OH is 1. The maximum Gasteiger partial charge on any atom is 0.196 e. The number of aromatic nitrogens is 5. The molecule has 0 saturated carbocycles. The normalized spacial score (nSPS) is 11.9. The van der Waals surface area contributed by atoms with Crippen LogP contribution in [0.1, 0.15) is 5.82 Å². The minimum absolute atomic E-state index is 0.0554. The molecule has 0 amide bonds. The molecule has 0 atom stereocenters. The number of aromatic amines is 1. The lowest BCUT2D eigenvalue weighted by Crippen LogP contribution is -2.01. The largest absolute Gasteiger partial charge is 0.510 e. The number of hydrogen-bond acceptors (Lipinski definition) is 6. The van der Waals surface area contributed by atoms with E-state index in [0.29, 0.717) is 28.0 Å². The van der Waals surface area contributed by atoms with E-state index in [1.54, 1.807) is 16.7 Å². The zero-order valence-electron chi connectivity index (χ0n) is 17.7. The zero-order chi connectivity index (χ0) is 23.5. The van der Waals surface area contributed by atoms with E-state index in [1.165, 1.54) is 23.9 Å². The Hall–Kier alpha value is -4.42. The Morgan fingerprint density at radius 2 is 1.74 bits per heavy atom. The molecule has 2 heterocycles. The van der Waals surface area contributed by atoms with Crippen molar-refractivity contribution < 1.29 is 9.50 Å². The van der Waals surface area contributed by atoms with Gasteiger partial charge in [-0.1, -0.05) is 54.2 Å². The lowest BCUT2D eigenvalue weighted by atomic mass is 10.2. The highest BCUT2D eigenvalue weighted by Gasteiger charge is 2.19. The van der Waals surface area contributed by atoms with Gasteiger partial charge < -0.3 is 10.1 Å². The molecule has 2 aromatic heterocycles. The van der Waals surface area contributed by atoms with Gasteiger partial charge in [0.15, 0.2) is 16.8 Å². The highest BCUT2D eigenvalue weighted by molar-refractivity contribution is 7.99. The Kier molecular flexibility index (Phi) is 5.81. The number of rotatable bonds is 6. The van der Waals surface area contributed by atoms with Gasteiger partial charge >= 0.3 is 0 Å². The minimum Gasteiger partial charge on any atom is -0.510 e. The van der Waals surface area contributed by atoms with Crippen LogP contribution in [0.25, 0.3) is 33.7 Å². The first kappa shape index (κ1) is 21.4. The molecule has 3 aromatic carbocycles. The summed E-state index contributed by atoms with van der Waals surface area (Å²) in [5.74, 6) is 0.454. The van der Waals surface area contributed by atoms with Crippen molar-refractivity contribution in [1.82, 2.24) is 24.7 Å². The molecule has 0 unspecified atom stereocenters. The molecule has 5 aromatic rings. The van der Waals surface area contributed by atoms with Gasteiger partial charge in [-0.05, 0) is 36.4 Å². The van der Waals surface area contributed by atoms with Gasteiger partial charge in [-0.3, -0.25) is 4.57 Å². The summed E-state index contributed by atoms with van der Waals surface area (Å²) in [6.45, 7) is 0. The molecule has 0 spiro atoms. The second-order valence-corrected chi connectivity index (χ2v) is 8.25. The molecule has 5 rings (SSSR count). The number of imidazole rings is 1. The quantitative estimate of drug-likeness (QED) is 0.193. The van der Waals surface area contributed by atoms with Crippen molar-refractivity contribution in [2.45, 2.75) is 5.16 Å². The van der Waals surface area contributed by atoms with Crippen LogP contribution < -0.4 is 0 Å². The van der Waals surface area contributed by atoms with Crippen LogP contribution in [-0.4, -0.2) is 35.6 Å². The second kappa shape index (κ2) is 9.21. The van der Waals surface area contributed by atoms with Crippen LogP contribution >= 0.6 is 11.8 Å². The summed E-state index contributed by atoms with van der Waals surface area (Å²) >= 11 is 1.21. The van der Waals surface area contributed by atoms with Crippen molar-refractivity contribution in [3.8, 4) is 23.1 Å². The van der Waals surface area contributed by atoms with Crippen molar-refractivity contribution in [2.24, 2.45) is 0 Å². The third kappa shape index (κ3) is 4.14. The smallest absolute Gasteiger partial charge is 0.196 e. The van der Waals surface area contributed by atoms with Gasteiger partial charge in [0.2, 0.25) is 0 Å². The van der Waals surface area contributed by atoms with Crippen molar-refractivity contribution in [3.63, 3.8) is 0 Å². The van der Waals surface area contributed by atoms with Crippen molar-refractivity contribution in [1.29, 1.82) is 5.26 Å². The first-order valence-electron chi connectivity index (χ1n) is 10.3. The highest BCUT2D eigenvalue weighted by atomic mass is 32.2. The molecule has 0 bridgehead atoms. The Balaban J connectivity index is 1.50. The van der Waals surface area contributed by atoms with Crippen LogP contribution in [0, 0.1) is 17.1 Å². The molecule has 2 N–H and O–H groups in total. The van der Waals surface area contributed by atoms with Crippen molar-refractivity contribution in [3.05, 3.63) is 96.3 Å². The van der Waals surface area contributed by atoms with Crippen LogP contribution in [0.4, 0.5) is 4.39 Å². The Morgan fingerprint density at radius 3 is 2.47 bits per heavy atom. The number of nitrogens with zero attached hydrogens (tertiary/aromatic N) is 5. The summed E-state index contributed by atoms with van der Waals surface area (Å²) in [5, 5.41) is 29.5. The average Bonchev–Trinajstić information content (AvgIpc) is 3.48. The average molecular weight is 469 g/mol. The third-order valence-electron chi connectivity index (χ3n) is 5.11.